The van der Waals surface area contributed by atoms with Gasteiger partial charge in [-0.25, -0.2) is 4.39 Å². The normalized spacial score (nSPS) is 50.6. The van der Waals surface area contributed by atoms with Crippen LogP contribution in [0.5, 0.6) is 0 Å². The average molecular weight is 332 g/mol. The molecule has 24 heavy (non-hydrogen) atoms. The van der Waals surface area contributed by atoms with Crippen LogP contribution < -0.4 is 0 Å². The molecule has 3 saturated carbocycles. The fourth-order valence-electron chi connectivity index (χ4n) is 7.25. The summed E-state index contributed by atoms with van der Waals surface area (Å²) in [5.41, 5.74) is 1.31. The maximum Gasteiger partial charge on any atom is 0.155 e. The summed E-state index contributed by atoms with van der Waals surface area (Å²) in [4.78, 5) is 24.0. The molecule has 0 amide bonds. The minimum absolute atomic E-state index is 0.0387. The zero-order valence-corrected chi connectivity index (χ0v) is 15.1. The van der Waals surface area contributed by atoms with Gasteiger partial charge in [0.05, 0.1) is 5.92 Å². The highest BCUT2D eigenvalue weighted by Gasteiger charge is 2.62. The van der Waals surface area contributed by atoms with E-state index in [0.717, 1.165) is 32.1 Å². The minimum Gasteiger partial charge on any atom is -0.300 e. The van der Waals surface area contributed by atoms with E-state index < -0.39 is 12.1 Å². The van der Waals surface area contributed by atoms with Crippen molar-refractivity contribution in [1.29, 1.82) is 0 Å². The molecule has 4 aliphatic carbocycles. The zero-order chi connectivity index (χ0) is 17.3. The molecule has 0 aromatic heterocycles. The maximum atomic E-state index is 14.7. The van der Waals surface area contributed by atoms with Crippen molar-refractivity contribution in [2.24, 2.45) is 34.5 Å². The van der Waals surface area contributed by atoms with Crippen LogP contribution in [0, 0.1) is 34.5 Å². The quantitative estimate of drug-likeness (QED) is 0.699. The van der Waals surface area contributed by atoms with Crippen molar-refractivity contribution in [2.45, 2.75) is 71.9 Å². The predicted octanol–water partition coefficient (Wildman–Crippen LogP) is 4.67. The Hall–Kier alpha value is -0.990. The monoisotopic (exact) mass is 332 g/mol. The highest BCUT2D eigenvalue weighted by molar-refractivity contribution is 5.91. The highest BCUT2D eigenvalue weighted by atomic mass is 19.1. The third-order valence-electron chi connectivity index (χ3n) is 8.39. The number of allylic oxidation sites excluding steroid dienone is 1. The van der Waals surface area contributed by atoms with Crippen LogP contribution in [-0.2, 0) is 9.59 Å². The van der Waals surface area contributed by atoms with Crippen LogP contribution in [0.25, 0.3) is 0 Å². The number of hydrogen-bond acceptors (Lipinski definition) is 2. The zero-order valence-electron chi connectivity index (χ0n) is 15.1. The van der Waals surface area contributed by atoms with E-state index in [4.69, 9.17) is 0 Å². The summed E-state index contributed by atoms with van der Waals surface area (Å²) in [5.74, 6) is 1.32. The van der Waals surface area contributed by atoms with Crippen molar-refractivity contribution in [2.75, 3.05) is 0 Å². The van der Waals surface area contributed by atoms with Crippen LogP contribution in [0.2, 0.25) is 0 Å². The summed E-state index contributed by atoms with van der Waals surface area (Å²) in [6.45, 7) is 6.10. The van der Waals surface area contributed by atoms with Crippen LogP contribution in [0.4, 0.5) is 4.39 Å². The molecule has 7 atom stereocenters. The second kappa shape index (κ2) is 5.25. The fourth-order valence-corrected chi connectivity index (χ4v) is 7.25. The molecule has 4 rings (SSSR count). The van der Waals surface area contributed by atoms with E-state index in [1.54, 1.807) is 6.92 Å². The van der Waals surface area contributed by atoms with Crippen molar-refractivity contribution in [3.05, 3.63) is 11.6 Å². The van der Waals surface area contributed by atoms with Crippen molar-refractivity contribution in [3.63, 3.8) is 0 Å². The lowest BCUT2D eigenvalue weighted by Crippen LogP contribution is -2.51. The molecule has 2 nitrogen and oxygen atoms in total. The predicted molar refractivity (Wildman–Crippen MR) is 91.2 cm³/mol. The molecule has 0 bridgehead atoms. The molecule has 3 fully saturated rings. The molecule has 0 radical (unpaired) electrons. The SMILES string of the molecule is CC(=O)[C@H]1[C@H](F)C[C@H]2[C@@H]3CCC4=CC(=O)CC[C@]4(C)[C@H]3CC[C@@]21C. The van der Waals surface area contributed by atoms with Gasteiger partial charge in [0.1, 0.15) is 12.0 Å². The van der Waals surface area contributed by atoms with E-state index in [1.807, 2.05) is 6.08 Å². The number of alkyl halides is 1. The third-order valence-corrected chi connectivity index (χ3v) is 8.39. The molecule has 0 heterocycles. The van der Waals surface area contributed by atoms with Gasteiger partial charge < -0.3 is 0 Å². The number of fused-ring (bicyclic) bond motifs is 5. The summed E-state index contributed by atoms with van der Waals surface area (Å²) < 4.78 is 14.7. The van der Waals surface area contributed by atoms with E-state index in [9.17, 15) is 14.0 Å². The molecule has 3 heteroatoms. The van der Waals surface area contributed by atoms with Gasteiger partial charge in [-0.3, -0.25) is 9.59 Å². The van der Waals surface area contributed by atoms with E-state index in [1.165, 1.54) is 5.57 Å². The molecule has 0 saturated heterocycles. The molecule has 0 aliphatic heterocycles. The van der Waals surface area contributed by atoms with Crippen molar-refractivity contribution in [1.82, 2.24) is 0 Å². The Morgan fingerprint density at radius 2 is 1.92 bits per heavy atom. The Kier molecular flexibility index (Phi) is 3.61. The number of rotatable bonds is 1. The standard InChI is InChI=1S/C21H29FO2/c1-12(23)19-18(22)11-17-15-5-4-13-10-14(24)6-8-20(13,2)16(15)7-9-21(17,19)3/h10,15-19H,4-9,11H2,1-3H3/t15-,16+,17+,18-,19+,20+,21+/m1/s1. The lowest BCUT2D eigenvalue weighted by molar-refractivity contribution is -0.130. The van der Waals surface area contributed by atoms with E-state index >= 15 is 0 Å². The molecule has 4 aliphatic rings. The van der Waals surface area contributed by atoms with Gasteiger partial charge in [-0.05, 0) is 80.1 Å². The summed E-state index contributed by atoms with van der Waals surface area (Å²) in [7, 11) is 0. The number of ketones is 2. The molecule has 0 spiro atoms. The van der Waals surface area contributed by atoms with E-state index in [0.29, 0.717) is 30.6 Å². The van der Waals surface area contributed by atoms with Crippen LogP contribution >= 0.6 is 0 Å². The molecule has 0 aromatic carbocycles. The van der Waals surface area contributed by atoms with Gasteiger partial charge in [0.25, 0.3) is 0 Å². The largest absolute Gasteiger partial charge is 0.300 e. The van der Waals surface area contributed by atoms with Crippen LogP contribution in [-0.4, -0.2) is 17.7 Å². The lowest BCUT2D eigenvalue weighted by atomic mass is 9.46. The van der Waals surface area contributed by atoms with Crippen molar-refractivity contribution in [3.8, 4) is 0 Å². The second-order valence-corrected chi connectivity index (χ2v) is 9.35. The number of hydrogen-bond donors (Lipinski definition) is 0. The van der Waals surface area contributed by atoms with Crippen molar-refractivity contribution < 1.29 is 14.0 Å². The Morgan fingerprint density at radius 3 is 2.62 bits per heavy atom. The number of halogens is 1. The average Bonchev–Trinajstić information content (AvgIpc) is 2.78. The first-order valence-electron chi connectivity index (χ1n) is 9.66. The van der Waals surface area contributed by atoms with Crippen LogP contribution in [0.15, 0.2) is 11.6 Å². The van der Waals surface area contributed by atoms with Crippen LogP contribution in [0.3, 0.4) is 0 Å². The second-order valence-electron chi connectivity index (χ2n) is 9.35. The summed E-state index contributed by atoms with van der Waals surface area (Å²) in [6.07, 6.45) is 7.22. The summed E-state index contributed by atoms with van der Waals surface area (Å²) >= 11 is 0. The number of Topliss-reactive ketones (excluding diaryl/α,β-unsaturated/α-hetero) is 1. The fraction of sp³-hybridized carbons (Fsp3) is 0.810. The summed E-state index contributed by atoms with van der Waals surface area (Å²) in [5, 5.41) is 0. The van der Waals surface area contributed by atoms with Gasteiger partial charge >= 0.3 is 0 Å². The smallest absolute Gasteiger partial charge is 0.155 e. The molecular weight excluding hydrogens is 303 g/mol. The Balaban J connectivity index is 1.69. The van der Waals surface area contributed by atoms with Crippen LogP contribution in [0.1, 0.15) is 65.7 Å². The molecule has 132 valence electrons. The Morgan fingerprint density at radius 1 is 1.17 bits per heavy atom. The first-order chi connectivity index (χ1) is 11.3. The number of carbonyl (C=O) groups is 2. The van der Waals surface area contributed by atoms with Crippen molar-refractivity contribution >= 4 is 11.6 Å². The molecular formula is C21H29FO2. The lowest BCUT2D eigenvalue weighted by Gasteiger charge is -2.57. The van der Waals surface area contributed by atoms with Gasteiger partial charge in [-0.1, -0.05) is 19.4 Å². The van der Waals surface area contributed by atoms with Gasteiger partial charge in [-0.2, -0.15) is 0 Å². The Bertz CT molecular complexity index is 623. The first-order valence-corrected chi connectivity index (χ1v) is 9.66. The topological polar surface area (TPSA) is 34.1 Å². The van der Waals surface area contributed by atoms with E-state index in [-0.39, 0.29) is 22.4 Å². The summed E-state index contributed by atoms with van der Waals surface area (Å²) in [6, 6.07) is 0. The molecule has 0 aromatic rings. The van der Waals surface area contributed by atoms with Gasteiger partial charge in [0.2, 0.25) is 0 Å². The maximum absolute atomic E-state index is 14.7. The molecule has 0 unspecified atom stereocenters. The van der Waals surface area contributed by atoms with E-state index in [2.05, 4.69) is 13.8 Å². The third kappa shape index (κ3) is 2.05. The minimum atomic E-state index is -0.964. The van der Waals surface area contributed by atoms with Gasteiger partial charge in [0.15, 0.2) is 5.78 Å². The first kappa shape index (κ1) is 16.5. The van der Waals surface area contributed by atoms with Gasteiger partial charge in [0, 0.05) is 6.42 Å². The Labute approximate surface area is 144 Å². The highest BCUT2D eigenvalue weighted by Crippen LogP contribution is 2.67. The number of carbonyl (C=O) groups excluding carboxylic acids is 2. The molecule has 0 N–H and O–H groups in total. The van der Waals surface area contributed by atoms with Gasteiger partial charge in [-0.15, -0.1) is 0 Å².